The van der Waals surface area contributed by atoms with Gasteiger partial charge in [-0.05, 0) is 35.9 Å². The number of methoxy groups -OCH3 is 1. The van der Waals surface area contributed by atoms with E-state index in [0.717, 1.165) is 18.2 Å². The molecule has 10 heteroatoms. The molecule has 158 valence electrons. The van der Waals surface area contributed by atoms with Crippen LogP contribution in [0.2, 0.25) is 0 Å². The van der Waals surface area contributed by atoms with E-state index in [0.29, 0.717) is 23.1 Å². The second-order valence-corrected chi connectivity index (χ2v) is 5.78. The third-order valence-electron chi connectivity index (χ3n) is 3.52. The highest BCUT2D eigenvalue weighted by Crippen LogP contribution is 2.28. The summed E-state index contributed by atoms with van der Waals surface area (Å²) in [7, 11) is 1.40. The van der Waals surface area contributed by atoms with Crippen molar-refractivity contribution < 1.29 is 37.4 Å². The Balaban J connectivity index is 1.89. The van der Waals surface area contributed by atoms with Crippen LogP contribution in [0.4, 0.5) is 14.5 Å². The Morgan fingerprint density at radius 2 is 1.83 bits per heavy atom. The average molecular weight is 420 g/mol. The molecule has 2 amide bonds. The number of hydrogen-bond acceptors (Lipinski definition) is 6. The van der Waals surface area contributed by atoms with Gasteiger partial charge >= 0.3 is 5.97 Å². The Morgan fingerprint density at radius 1 is 1.07 bits per heavy atom. The highest BCUT2D eigenvalue weighted by atomic mass is 19.1. The summed E-state index contributed by atoms with van der Waals surface area (Å²) in [4.78, 5) is 34.3. The molecule has 0 heterocycles. The predicted molar refractivity (Wildman–Crippen MR) is 103 cm³/mol. The van der Waals surface area contributed by atoms with Gasteiger partial charge < -0.3 is 25.3 Å². The van der Waals surface area contributed by atoms with Crippen LogP contribution >= 0.6 is 0 Å². The van der Waals surface area contributed by atoms with Crippen LogP contribution in [0.1, 0.15) is 5.56 Å². The van der Waals surface area contributed by atoms with Gasteiger partial charge in [0, 0.05) is 12.1 Å². The van der Waals surface area contributed by atoms with Crippen LogP contribution < -0.4 is 20.5 Å². The SMILES string of the molecule is COc1cc(/C=C/C(=O)OCC(=O)Nc2ccc(F)cc2F)ccc1OCC(N)=O. The predicted octanol–water partition coefficient (Wildman–Crippen LogP) is 2.03. The molecule has 0 saturated carbocycles. The molecule has 0 aliphatic heterocycles. The number of nitrogens with two attached hydrogens (primary N) is 1. The lowest BCUT2D eigenvalue weighted by molar-refractivity contribution is -0.142. The van der Waals surface area contributed by atoms with E-state index in [1.165, 1.54) is 19.3 Å². The smallest absolute Gasteiger partial charge is 0.331 e. The van der Waals surface area contributed by atoms with Crippen molar-refractivity contribution in [1.82, 2.24) is 0 Å². The summed E-state index contributed by atoms with van der Waals surface area (Å²) in [6.45, 7) is -0.981. The van der Waals surface area contributed by atoms with E-state index in [-0.39, 0.29) is 12.3 Å². The second-order valence-electron chi connectivity index (χ2n) is 5.78. The van der Waals surface area contributed by atoms with Gasteiger partial charge in [0.05, 0.1) is 12.8 Å². The van der Waals surface area contributed by atoms with Crippen LogP contribution in [0, 0.1) is 11.6 Å². The Morgan fingerprint density at radius 3 is 2.50 bits per heavy atom. The standard InChI is InChI=1S/C20H18F2N2O6/c1-28-17-8-12(2-6-16(17)29-10-18(23)25)3-7-20(27)30-11-19(26)24-15-5-4-13(21)9-14(15)22/h2-9H,10-11H2,1H3,(H2,23,25)(H,24,26)/b7-3+. The minimum absolute atomic E-state index is 0.237. The van der Waals surface area contributed by atoms with Gasteiger partial charge in [-0.1, -0.05) is 6.07 Å². The van der Waals surface area contributed by atoms with Crippen molar-refractivity contribution in [2.24, 2.45) is 5.73 Å². The lowest BCUT2D eigenvalue weighted by Gasteiger charge is -2.10. The zero-order valence-corrected chi connectivity index (χ0v) is 15.8. The molecule has 0 aliphatic carbocycles. The number of hydrogen-bond donors (Lipinski definition) is 2. The molecular formula is C20H18F2N2O6. The minimum Gasteiger partial charge on any atom is -0.493 e. The highest BCUT2D eigenvalue weighted by molar-refractivity contribution is 5.94. The quantitative estimate of drug-likeness (QED) is 0.474. The normalized spacial score (nSPS) is 10.5. The molecule has 3 N–H and O–H groups in total. The third kappa shape index (κ3) is 6.89. The molecule has 0 atom stereocenters. The molecule has 0 spiro atoms. The monoisotopic (exact) mass is 420 g/mol. The molecule has 0 unspecified atom stereocenters. The fraction of sp³-hybridized carbons (Fsp3) is 0.150. The Bertz CT molecular complexity index is 978. The van der Waals surface area contributed by atoms with Gasteiger partial charge in [-0.25, -0.2) is 13.6 Å². The molecule has 0 aliphatic rings. The van der Waals surface area contributed by atoms with Crippen molar-refractivity contribution in [2.45, 2.75) is 0 Å². The number of carbonyl (C=O) groups is 3. The molecule has 0 bridgehead atoms. The number of amides is 2. The van der Waals surface area contributed by atoms with Crippen molar-refractivity contribution in [3.63, 3.8) is 0 Å². The molecule has 0 radical (unpaired) electrons. The summed E-state index contributed by atoms with van der Waals surface area (Å²) >= 11 is 0. The van der Waals surface area contributed by atoms with Gasteiger partial charge in [0.15, 0.2) is 24.7 Å². The van der Waals surface area contributed by atoms with Gasteiger partial charge in [0.25, 0.3) is 11.8 Å². The van der Waals surface area contributed by atoms with Gasteiger partial charge in [-0.2, -0.15) is 0 Å². The fourth-order valence-electron chi connectivity index (χ4n) is 2.18. The van der Waals surface area contributed by atoms with Crippen molar-refractivity contribution in [3.8, 4) is 11.5 Å². The van der Waals surface area contributed by atoms with Gasteiger partial charge in [0.2, 0.25) is 0 Å². The molecule has 2 rings (SSSR count). The van der Waals surface area contributed by atoms with Gasteiger partial charge in [-0.3, -0.25) is 9.59 Å². The summed E-state index contributed by atoms with van der Waals surface area (Å²) < 4.78 is 41.4. The molecule has 0 fully saturated rings. The highest BCUT2D eigenvalue weighted by Gasteiger charge is 2.10. The van der Waals surface area contributed by atoms with Crippen LogP contribution in [0.25, 0.3) is 6.08 Å². The first kappa shape index (κ1) is 22.3. The number of halogens is 2. The van der Waals surface area contributed by atoms with Crippen LogP contribution in [-0.4, -0.2) is 38.1 Å². The first-order chi connectivity index (χ1) is 14.3. The summed E-state index contributed by atoms with van der Waals surface area (Å²) in [5.41, 5.74) is 5.33. The molecule has 0 aromatic heterocycles. The number of nitrogens with one attached hydrogen (secondary N) is 1. The zero-order chi connectivity index (χ0) is 22.1. The fourth-order valence-corrected chi connectivity index (χ4v) is 2.18. The number of benzene rings is 2. The first-order valence-corrected chi connectivity index (χ1v) is 8.47. The number of anilines is 1. The van der Waals surface area contributed by atoms with Crippen molar-refractivity contribution >= 4 is 29.5 Å². The van der Waals surface area contributed by atoms with E-state index in [1.54, 1.807) is 12.1 Å². The summed E-state index contributed by atoms with van der Waals surface area (Å²) in [5, 5.41) is 2.16. The summed E-state index contributed by atoms with van der Waals surface area (Å²) in [6.07, 6.45) is 2.48. The maximum atomic E-state index is 13.5. The van der Waals surface area contributed by atoms with E-state index in [1.807, 2.05) is 0 Å². The maximum Gasteiger partial charge on any atom is 0.331 e. The number of primary amides is 1. The summed E-state index contributed by atoms with van der Waals surface area (Å²) in [6, 6.07) is 7.30. The molecule has 30 heavy (non-hydrogen) atoms. The molecule has 2 aromatic rings. The van der Waals surface area contributed by atoms with Crippen molar-refractivity contribution in [2.75, 3.05) is 25.6 Å². The third-order valence-corrected chi connectivity index (χ3v) is 3.52. The lowest BCUT2D eigenvalue weighted by Crippen LogP contribution is -2.20. The largest absolute Gasteiger partial charge is 0.493 e. The molecule has 2 aromatic carbocycles. The topological polar surface area (TPSA) is 117 Å². The van der Waals surface area contributed by atoms with Crippen LogP contribution in [0.3, 0.4) is 0 Å². The van der Waals surface area contributed by atoms with E-state index >= 15 is 0 Å². The number of carbonyl (C=O) groups excluding carboxylic acids is 3. The number of esters is 1. The molecular weight excluding hydrogens is 402 g/mol. The van der Waals surface area contributed by atoms with Crippen LogP contribution in [0.5, 0.6) is 11.5 Å². The van der Waals surface area contributed by atoms with Gasteiger partial charge in [0.1, 0.15) is 11.6 Å². The molecule has 0 saturated heterocycles. The van der Waals surface area contributed by atoms with Crippen LogP contribution in [-0.2, 0) is 19.1 Å². The second kappa shape index (κ2) is 10.6. The number of ether oxygens (including phenoxy) is 3. The van der Waals surface area contributed by atoms with Crippen molar-refractivity contribution in [1.29, 1.82) is 0 Å². The van der Waals surface area contributed by atoms with Crippen LogP contribution in [0.15, 0.2) is 42.5 Å². The zero-order valence-electron chi connectivity index (χ0n) is 15.8. The average Bonchev–Trinajstić information content (AvgIpc) is 2.71. The van der Waals surface area contributed by atoms with E-state index in [9.17, 15) is 23.2 Å². The van der Waals surface area contributed by atoms with E-state index in [4.69, 9.17) is 19.9 Å². The summed E-state index contributed by atoms with van der Waals surface area (Å²) in [5.74, 6) is -3.39. The maximum absolute atomic E-state index is 13.5. The Hall–Kier alpha value is -3.95. The van der Waals surface area contributed by atoms with E-state index in [2.05, 4.69) is 5.32 Å². The van der Waals surface area contributed by atoms with Gasteiger partial charge in [-0.15, -0.1) is 0 Å². The van der Waals surface area contributed by atoms with E-state index < -0.39 is 36.0 Å². The van der Waals surface area contributed by atoms with Crippen molar-refractivity contribution in [3.05, 3.63) is 59.7 Å². The first-order valence-electron chi connectivity index (χ1n) is 8.47. The Kier molecular flexibility index (Phi) is 7.86. The lowest BCUT2D eigenvalue weighted by atomic mass is 10.2. The number of rotatable bonds is 9. The Labute approximate surface area is 170 Å². The molecule has 8 nitrogen and oxygen atoms in total. The minimum atomic E-state index is -0.952.